The number of esters is 1. The molecule has 0 saturated heterocycles. The molecule has 1 N–H and O–H groups in total. The van der Waals surface area contributed by atoms with E-state index in [0.717, 1.165) is 24.0 Å². The Morgan fingerprint density at radius 2 is 1.62 bits per heavy atom. The molecule has 2 rings (SSSR count). The zero-order valence-electron chi connectivity index (χ0n) is 14.1. The molecule has 0 heterocycles. The third-order valence-corrected chi connectivity index (χ3v) is 3.69. The van der Waals surface area contributed by atoms with Gasteiger partial charge in [-0.1, -0.05) is 55.8 Å². The second kappa shape index (κ2) is 8.87. The first-order valence-electron chi connectivity index (χ1n) is 8.22. The van der Waals surface area contributed by atoms with Gasteiger partial charge in [0.2, 0.25) is 0 Å². The molecular weight excluding hydrogens is 302 g/mol. The number of amides is 1. The van der Waals surface area contributed by atoms with E-state index in [1.165, 1.54) is 0 Å². The highest BCUT2D eigenvalue weighted by molar-refractivity contribution is 5.91. The van der Waals surface area contributed by atoms with Crippen molar-refractivity contribution in [1.29, 1.82) is 0 Å². The van der Waals surface area contributed by atoms with Gasteiger partial charge in [-0.2, -0.15) is 0 Å². The lowest BCUT2D eigenvalue weighted by Gasteiger charge is -2.12. The topological polar surface area (TPSA) is 55.4 Å². The van der Waals surface area contributed by atoms with Crippen LogP contribution < -0.4 is 5.32 Å². The molecule has 0 aliphatic carbocycles. The normalized spacial score (nSPS) is 11.6. The number of carbonyl (C=O) groups excluding carboxylic acids is 2. The largest absolute Gasteiger partial charge is 0.452 e. The summed E-state index contributed by atoms with van der Waals surface area (Å²) in [5.41, 5.74) is 2.55. The molecule has 1 atom stereocenters. The van der Waals surface area contributed by atoms with Gasteiger partial charge in [0, 0.05) is 6.04 Å². The predicted molar refractivity (Wildman–Crippen MR) is 94.7 cm³/mol. The van der Waals surface area contributed by atoms with Crippen LogP contribution in [0.5, 0.6) is 0 Å². The van der Waals surface area contributed by atoms with Crippen molar-refractivity contribution in [2.24, 2.45) is 0 Å². The number of hydrogen-bond donors (Lipinski definition) is 1. The molecule has 4 nitrogen and oxygen atoms in total. The van der Waals surface area contributed by atoms with E-state index in [4.69, 9.17) is 4.74 Å². The second-order valence-electron chi connectivity index (χ2n) is 5.78. The van der Waals surface area contributed by atoms with Gasteiger partial charge < -0.3 is 10.1 Å². The predicted octanol–water partition coefficient (Wildman–Crippen LogP) is 3.82. The molecule has 0 spiro atoms. The SMILES string of the molecule is CCCC(C)NC(=O)COC(=O)c1ccc(-c2ccccc2)cc1. The van der Waals surface area contributed by atoms with Crippen LogP contribution in [0.15, 0.2) is 54.6 Å². The zero-order chi connectivity index (χ0) is 17.4. The van der Waals surface area contributed by atoms with E-state index in [-0.39, 0.29) is 18.6 Å². The molecule has 0 bridgehead atoms. The number of carbonyl (C=O) groups is 2. The van der Waals surface area contributed by atoms with Crippen molar-refractivity contribution in [2.45, 2.75) is 32.7 Å². The fraction of sp³-hybridized carbons (Fsp3) is 0.300. The number of nitrogens with one attached hydrogen (secondary N) is 1. The maximum Gasteiger partial charge on any atom is 0.338 e. The lowest BCUT2D eigenvalue weighted by atomic mass is 10.0. The Bertz CT molecular complexity index is 665. The molecule has 0 aromatic heterocycles. The summed E-state index contributed by atoms with van der Waals surface area (Å²) in [5.74, 6) is -0.766. The van der Waals surface area contributed by atoms with Crippen molar-refractivity contribution >= 4 is 11.9 Å². The van der Waals surface area contributed by atoms with Crippen LogP contribution in [-0.4, -0.2) is 24.5 Å². The van der Waals surface area contributed by atoms with Gasteiger partial charge in [0.15, 0.2) is 6.61 Å². The number of ether oxygens (including phenoxy) is 1. The first-order chi connectivity index (χ1) is 11.6. The number of hydrogen-bond acceptors (Lipinski definition) is 3. The molecule has 0 aliphatic heterocycles. The molecule has 2 aromatic carbocycles. The molecule has 1 amide bonds. The lowest BCUT2D eigenvalue weighted by Crippen LogP contribution is -2.35. The summed E-state index contributed by atoms with van der Waals surface area (Å²) in [6.45, 7) is 3.74. The molecule has 126 valence electrons. The van der Waals surface area contributed by atoms with Gasteiger partial charge in [-0.25, -0.2) is 4.79 Å². The van der Waals surface area contributed by atoms with E-state index in [1.54, 1.807) is 12.1 Å². The van der Waals surface area contributed by atoms with E-state index in [1.807, 2.05) is 49.4 Å². The van der Waals surface area contributed by atoms with Crippen LogP contribution in [0.3, 0.4) is 0 Å². The molecule has 1 unspecified atom stereocenters. The Morgan fingerprint density at radius 1 is 1.00 bits per heavy atom. The van der Waals surface area contributed by atoms with Crippen molar-refractivity contribution in [3.05, 3.63) is 60.2 Å². The first kappa shape index (κ1) is 17.7. The molecule has 4 heteroatoms. The molecule has 24 heavy (non-hydrogen) atoms. The van der Waals surface area contributed by atoms with Gasteiger partial charge in [-0.05, 0) is 36.6 Å². The third kappa shape index (κ3) is 5.23. The smallest absolute Gasteiger partial charge is 0.338 e. The monoisotopic (exact) mass is 325 g/mol. The molecular formula is C20H23NO3. The van der Waals surface area contributed by atoms with Gasteiger partial charge in [0.05, 0.1) is 5.56 Å². The minimum Gasteiger partial charge on any atom is -0.452 e. The molecule has 0 fully saturated rings. The van der Waals surface area contributed by atoms with Crippen LogP contribution in [0.2, 0.25) is 0 Å². The summed E-state index contributed by atoms with van der Waals surface area (Å²) >= 11 is 0. The summed E-state index contributed by atoms with van der Waals surface area (Å²) in [5, 5.41) is 2.80. The molecule has 0 radical (unpaired) electrons. The number of rotatable bonds is 7. The van der Waals surface area contributed by atoms with Crippen LogP contribution in [0.1, 0.15) is 37.0 Å². The van der Waals surface area contributed by atoms with Gasteiger partial charge in [-0.3, -0.25) is 4.79 Å². The van der Waals surface area contributed by atoms with Crippen LogP contribution >= 0.6 is 0 Å². The van der Waals surface area contributed by atoms with Crippen molar-refractivity contribution in [2.75, 3.05) is 6.61 Å². The standard InChI is InChI=1S/C20H23NO3/c1-3-7-15(2)21-19(22)14-24-20(23)18-12-10-17(11-13-18)16-8-5-4-6-9-16/h4-6,8-13,15H,3,7,14H2,1-2H3,(H,21,22). The first-order valence-corrected chi connectivity index (χ1v) is 8.22. The second-order valence-corrected chi connectivity index (χ2v) is 5.78. The Hall–Kier alpha value is -2.62. The number of benzene rings is 2. The van der Waals surface area contributed by atoms with E-state index in [0.29, 0.717) is 5.56 Å². The van der Waals surface area contributed by atoms with Crippen LogP contribution in [0, 0.1) is 0 Å². The van der Waals surface area contributed by atoms with Crippen LogP contribution in [0.4, 0.5) is 0 Å². The zero-order valence-corrected chi connectivity index (χ0v) is 14.1. The Kier molecular flexibility index (Phi) is 6.55. The van der Waals surface area contributed by atoms with E-state index in [2.05, 4.69) is 12.2 Å². The fourth-order valence-electron chi connectivity index (χ4n) is 2.47. The van der Waals surface area contributed by atoms with E-state index in [9.17, 15) is 9.59 Å². The maximum atomic E-state index is 12.0. The van der Waals surface area contributed by atoms with Gasteiger partial charge in [0.1, 0.15) is 0 Å². The van der Waals surface area contributed by atoms with E-state index >= 15 is 0 Å². The van der Waals surface area contributed by atoms with Crippen molar-refractivity contribution < 1.29 is 14.3 Å². The van der Waals surface area contributed by atoms with Gasteiger partial charge in [0.25, 0.3) is 5.91 Å². The summed E-state index contributed by atoms with van der Waals surface area (Å²) in [4.78, 5) is 23.7. The van der Waals surface area contributed by atoms with Gasteiger partial charge >= 0.3 is 5.97 Å². The highest BCUT2D eigenvalue weighted by Crippen LogP contribution is 2.19. The van der Waals surface area contributed by atoms with Crippen LogP contribution in [0.25, 0.3) is 11.1 Å². The Labute approximate surface area is 142 Å². The average Bonchev–Trinajstić information content (AvgIpc) is 2.61. The van der Waals surface area contributed by atoms with Crippen molar-refractivity contribution in [3.8, 4) is 11.1 Å². The summed E-state index contributed by atoms with van der Waals surface area (Å²) < 4.78 is 5.06. The van der Waals surface area contributed by atoms with Gasteiger partial charge in [-0.15, -0.1) is 0 Å². The highest BCUT2D eigenvalue weighted by Gasteiger charge is 2.12. The minimum atomic E-state index is -0.493. The third-order valence-electron chi connectivity index (χ3n) is 3.69. The van der Waals surface area contributed by atoms with Crippen molar-refractivity contribution in [3.63, 3.8) is 0 Å². The molecule has 0 aliphatic rings. The highest BCUT2D eigenvalue weighted by atomic mass is 16.5. The summed E-state index contributed by atoms with van der Waals surface area (Å²) in [6.07, 6.45) is 1.90. The van der Waals surface area contributed by atoms with Crippen LogP contribution in [-0.2, 0) is 9.53 Å². The summed E-state index contributed by atoms with van der Waals surface area (Å²) in [6, 6.07) is 17.2. The van der Waals surface area contributed by atoms with E-state index < -0.39 is 5.97 Å². The molecule has 0 saturated carbocycles. The summed E-state index contributed by atoms with van der Waals surface area (Å²) in [7, 11) is 0. The van der Waals surface area contributed by atoms with Crippen molar-refractivity contribution in [1.82, 2.24) is 5.32 Å². The maximum absolute atomic E-state index is 12.0. The fourth-order valence-corrected chi connectivity index (χ4v) is 2.47. The lowest BCUT2D eigenvalue weighted by molar-refractivity contribution is -0.124. The molecule has 2 aromatic rings. The average molecular weight is 325 g/mol. The quantitative estimate of drug-likeness (QED) is 0.788. The minimum absolute atomic E-state index is 0.0892. The Balaban J connectivity index is 1.88. The Morgan fingerprint density at radius 3 is 2.25 bits per heavy atom.